The number of ether oxygens (including phenoxy) is 1. The number of nitrogens with one attached hydrogen (secondary N) is 1. The minimum Gasteiger partial charge on any atom is -0.355 e. The van der Waals surface area contributed by atoms with Crippen LogP contribution < -0.4 is 10.2 Å². The van der Waals surface area contributed by atoms with Crippen LogP contribution in [0.15, 0.2) is 48.0 Å². The first kappa shape index (κ1) is 23.3. The average molecular weight is 512 g/mol. The standard InChI is InChI=1S/C24H22FN5O3S2/c1-29(2)24-28-19(20(35-24)14-5-3-6-15(25)11-14)23(32)30-9-10-33-18(30)12-26-22(31)16-7-4-8-17-21(16)34-13-27-17/h3-8,11,13,18H,9-10,12H2,1-2H3,(H,26,31). The topological polar surface area (TPSA) is 87.7 Å². The molecule has 4 aromatic rings. The molecule has 0 spiro atoms. The van der Waals surface area contributed by atoms with Crippen molar-refractivity contribution in [3.63, 3.8) is 0 Å². The predicted molar refractivity (Wildman–Crippen MR) is 135 cm³/mol. The van der Waals surface area contributed by atoms with Gasteiger partial charge in [0.2, 0.25) is 0 Å². The molecule has 1 saturated heterocycles. The quantitative estimate of drug-likeness (QED) is 0.423. The van der Waals surface area contributed by atoms with Crippen LogP contribution in [-0.4, -0.2) is 66.7 Å². The number of fused-ring (bicyclic) bond motifs is 1. The lowest BCUT2D eigenvalue weighted by atomic mass is 10.1. The summed E-state index contributed by atoms with van der Waals surface area (Å²) in [5.74, 6) is -0.969. The van der Waals surface area contributed by atoms with Gasteiger partial charge in [-0.1, -0.05) is 29.5 Å². The van der Waals surface area contributed by atoms with E-state index in [1.54, 1.807) is 34.7 Å². The van der Waals surface area contributed by atoms with Crippen LogP contribution in [0.5, 0.6) is 0 Å². The van der Waals surface area contributed by atoms with Gasteiger partial charge in [-0.15, -0.1) is 11.3 Å². The van der Waals surface area contributed by atoms with E-state index in [9.17, 15) is 14.0 Å². The molecule has 1 fully saturated rings. The molecule has 1 aliphatic heterocycles. The number of rotatable bonds is 6. The van der Waals surface area contributed by atoms with Gasteiger partial charge in [-0.3, -0.25) is 9.59 Å². The first-order valence-corrected chi connectivity index (χ1v) is 12.6. The number of hydrogen-bond acceptors (Lipinski definition) is 8. The van der Waals surface area contributed by atoms with Crippen LogP contribution in [0, 0.1) is 5.82 Å². The fourth-order valence-corrected chi connectivity index (χ4v) is 5.65. The van der Waals surface area contributed by atoms with Crippen LogP contribution in [0.25, 0.3) is 20.7 Å². The second-order valence-corrected chi connectivity index (χ2v) is 9.95. The zero-order chi connectivity index (χ0) is 24.5. The average Bonchev–Trinajstić information content (AvgIpc) is 3.61. The van der Waals surface area contributed by atoms with Crippen LogP contribution >= 0.6 is 22.7 Å². The van der Waals surface area contributed by atoms with Gasteiger partial charge in [0.1, 0.15) is 17.7 Å². The van der Waals surface area contributed by atoms with Crippen LogP contribution in [0.2, 0.25) is 0 Å². The Morgan fingerprint density at radius 2 is 2.09 bits per heavy atom. The zero-order valence-corrected chi connectivity index (χ0v) is 20.7. The van der Waals surface area contributed by atoms with Gasteiger partial charge in [-0.05, 0) is 29.8 Å². The molecule has 0 radical (unpaired) electrons. The lowest BCUT2D eigenvalue weighted by Crippen LogP contribution is -2.44. The van der Waals surface area contributed by atoms with E-state index >= 15 is 0 Å². The number of anilines is 1. The molecule has 1 N–H and O–H groups in total. The molecule has 2 aromatic carbocycles. The number of hydrogen-bond donors (Lipinski definition) is 1. The Morgan fingerprint density at radius 1 is 1.26 bits per heavy atom. The predicted octanol–water partition coefficient (Wildman–Crippen LogP) is 3.85. The van der Waals surface area contributed by atoms with Crippen molar-refractivity contribution < 1.29 is 18.7 Å². The number of amides is 2. The molecule has 1 atom stereocenters. The molecule has 2 amide bonds. The lowest BCUT2D eigenvalue weighted by Gasteiger charge is -2.23. The van der Waals surface area contributed by atoms with E-state index in [0.29, 0.717) is 34.3 Å². The Labute approximate surface area is 209 Å². The van der Waals surface area contributed by atoms with Gasteiger partial charge in [0.05, 0.1) is 39.3 Å². The van der Waals surface area contributed by atoms with Gasteiger partial charge in [0.25, 0.3) is 11.8 Å². The smallest absolute Gasteiger partial charge is 0.276 e. The van der Waals surface area contributed by atoms with E-state index in [1.807, 2.05) is 25.1 Å². The minimum absolute atomic E-state index is 0.125. The number of halogens is 1. The maximum absolute atomic E-state index is 13.9. The van der Waals surface area contributed by atoms with Gasteiger partial charge in [-0.2, -0.15) is 0 Å². The molecule has 11 heteroatoms. The summed E-state index contributed by atoms with van der Waals surface area (Å²) in [5, 5.41) is 3.52. The Balaban J connectivity index is 1.37. The van der Waals surface area contributed by atoms with E-state index in [-0.39, 0.29) is 29.9 Å². The summed E-state index contributed by atoms with van der Waals surface area (Å²) < 4.78 is 20.5. The summed E-state index contributed by atoms with van der Waals surface area (Å²) in [5.41, 5.74) is 3.82. The zero-order valence-electron chi connectivity index (χ0n) is 19.0. The van der Waals surface area contributed by atoms with Crippen LogP contribution in [0.3, 0.4) is 0 Å². The van der Waals surface area contributed by atoms with Crippen molar-refractivity contribution in [3.8, 4) is 10.4 Å². The largest absolute Gasteiger partial charge is 0.355 e. The number of carbonyl (C=O) groups is 2. The number of carbonyl (C=O) groups excluding carboxylic acids is 2. The summed E-state index contributed by atoms with van der Waals surface area (Å²) in [7, 11) is 3.67. The maximum atomic E-state index is 13.9. The van der Waals surface area contributed by atoms with Gasteiger partial charge in [0.15, 0.2) is 5.13 Å². The molecule has 0 aliphatic carbocycles. The molecule has 0 saturated carbocycles. The van der Waals surface area contributed by atoms with E-state index in [0.717, 1.165) is 10.2 Å². The third kappa shape index (κ3) is 4.62. The Kier molecular flexibility index (Phi) is 6.46. The molecule has 5 rings (SSSR count). The van der Waals surface area contributed by atoms with E-state index in [1.165, 1.54) is 34.8 Å². The van der Waals surface area contributed by atoms with E-state index in [2.05, 4.69) is 15.3 Å². The van der Waals surface area contributed by atoms with Crippen LogP contribution in [0.4, 0.5) is 9.52 Å². The number of nitrogens with zero attached hydrogens (tertiary/aromatic N) is 4. The molecule has 2 aromatic heterocycles. The number of aromatic nitrogens is 2. The van der Waals surface area contributed by atoms with Crippen LogP contribution in [0.1, 0.15) is 20.8 Å². The summed E-state index contributed by atoms with van der Waals surface area (Å²) in [6, 6.07) is 11.5. The summed E-state index contributed by atoms with van der Waals surface area (Å²) in [4.78, 5) is 39.2. The molecule has 35 heavy (non-hydrogen) atoms. The van der Waals surface area contributed by atoms with Gasteiger partial charge < -0.3 is 19.9 Å². The highest BCUT2D eigenvalue weighted by Crippen LogP contribution is 2.36. The summed E-state index contributed by atoms with van der Waals surface area (Å²) in [6.07, 6.45) is -0.642. The second-order valence-electron chi connectivity index (χ2n) is 8.12. The van der Waals surface area contributed by atoms with Crippen molar-refractivity contribution in [1.29, 1.82) is 0 Å². The molecule has 0 bridgehead atoms. The second kappa shape index (κ2) is 9.68. The molecule has 180 valence electrons. The first-order chi connectivity index (χ1) is 16.9. The van der Waals surface area contributed by atoms with Crippen molar-refractivity contribution >= 4 is 49.8 Å². The van der Waals surface area contributed by atoms with Crippen molar-refractivity contribution in [3.05, 3.63) is 65.0 Å². The SMILES string of the molecule is CN(C)c1nc(C(=O)N2CCOC2CNC(=O)c2cccc3ncsc23)c(-c2cccc(F)c2)s1. The van der Waals surface area contributed by atoms with Crippen molar-refractivity contribution in [1.82, 2.24) is 20.2 Å². The first-order valence-electron chi connectivity index (χ1n) is 10.9. The third-order valence-corrected chi connectivity index (χ3v) is 7.72. The molecule has 8 nitrogen and oxygen atoms in total. The van der Waals surface area contributed by atoms with Crippen molar-refractivity contribution in [2.24, 2.45) is 0 Å². The lowest BCUT2D eigenvalue weighted by molar-refractivity contribution is 0.0277. The van der Waals surface area contributed by atoms with Crippen molar-refractivity contribution in [2.45, 2.75) is 6.23 Å². The van der Waals surface area contributed by atoms with Gasteiger partial charge in [-0.25, -0.2) is 14.4 Å². The number of benzene rings is 2. The Hall–Kier alpha value is -3.41. The highest BCUT2D eigenvalue weighted by Gasteiger charge is 2.34. The van der Waals surface area contributed by atoms with E-state index in [4.69, 9.17) is 4.74 Å². The fourth-order valence-electron chi connectivity index (χ4n) is 3.87. The number of thiazole rings is 2. The highest BCUT2D eigenvalue weighted by molar-refractivity contribution is 7.19. The Bertz CT molecular complexity index is 1400. The van der Waals surface area contributed by atoms with Gasteiger partial charge >= 0.3 is 0 Å². The molecule has 3 heterocycles. The molecule has 1 aliphatic rings. The monoisotopic (exact) mass is 511 g/mol. The Morgan fingerprint density at radius 3 is 2.89 bits per heavy atom. The summed E-state index contributed by atoms with van der Waals surface area (Å²) >= 11 is 2.72. The highest BCUT2D eigenvalue weighted by atomic mass is 32.1. The maximum Gasteiger partial charge on any atom is 0.276 e. The summed E-state index contributed by atoms with van der Waals surface area (Å²) in [6.45, 7) is 0.831. The third-order valence-electron chi connectivity index (χ3n) is 5.58. The molecular weight excluding hydrogens is 489 g/mol. The van der Waals surface area contributed by atoms with Gasteiger partial charge in [0, 0.05) is 20.6 Å². The fraction of sp³-hybridized carbons (Fsp3) is 0.250. The molecular formula is C24H22FN5O3S2. The molecule has 1 unspecified atom stereocenters. The van der Waals surface area contributed by atoms with E-state index < -0.39 is 6.23 Å². The normalized spacial score (nSPS) is 15.5. The minimum atomic E-state index is -0.642. The van der Waals surface area contributed by atoms with Crippen molar-refractivity contribution in [2.75, 3.05) is 38.7 Å². The van der Waals surface area contributed by atoms with Crippen LogP contribution in [-0.2, 0) is 4.74 Å².